The third-order valence-electron chi connectivity index (χ3n) is 3.16. The standard InChI is InChI=1S/C13H25BrO2/c1-10(2)5-4-6-11(3)12(7-8-14)9-13(15)16/h10-12H,4-9H2,1-3H3,(H,15,16). The maximum absolute atomic E-state index is 10.8. The second-order valence-corrected chi connectivity index (χ2v) is 5.93. The number of hydrogen-bond acceptors (Lipinski definition) is 1. The number of alkyl halides is 1. The van der Waals surface area contributed by atoms with Gasteiger partial charge in [0.25, 0.3) is 0 Å². The molecule has 0 aromatic carbocycles. The molecule has 0 radical (unpaired) electrons. The molecule has 0 saturated heterocycles. The molecule has 1 N–H and O–H groups in total. The summed E-state index contributed by atoms with van der Waals surface area (Å²) >= 11 is 3.41. The van der Waals surface area contributed by atoms with E-state index >= 15 is 0 Å². The Balaban J connectivity index is 3.95. The van der Waals surface area contributed by atoms with Gasteiger partial charge in [-0.1, -0.05) is 56.0 Å². The van der Waals surface area contributed by atoms with Crippen LogP contribution in [-0.4, -0.2) is 16.4 Å². The van der Waals surface area contributed by atoms with Crippen LogP contribution < -0.4 is 0 Å². The minimum absolute atomic E-state index is 0.314. The summed E-state index contributed by atoms with van der Waals surface area (Å²) < 4.78 is 0. The van der Waals surface area contributed by atoms with E-state index in [1.165, 1.54) is 12.8 Å². The third-order valence-corrected chi connectivity index (χ3v) is 3.62. The Hall–Kier alpha value is -0.0500. The average molecular weight is 293 g/mol. The minimum atomic E-state index is -0.665. The summed E-state index contributed by atoms with van der Waals surface area (Å²) in [6, 6.07) is 0. The van der Waals surface area contributed by atoms with Crippen molar-refractivity contribution in [2.75, 3.05) is 5.33 Å². The smallest absolute Gasteiger partial charge is 0.303 e. The molecule has 0 fully saturated rings. The first-order valence-corrected chi connectivity index (χ1v) is 7.37. The molecule has 0 aliphatic rings. The molecule has 0 saturated carbocycles. The highest BCUT2D eigenvalue weighted by Gasteiger charge is 2.19. The van der Waals surface area contributed by atoms with Crippen molar-refractivity contribution in [3.8, 4) is 0 Å². The van der Waals surface area contributed by atoms with Crippen molar-refractivity contribution in [2.24, 2.45) is 17.8 Å². The molecule has 0 aromatic rings. The van der Waals surface area contributed by atoms with E-state index in [0.29, 0.717) is 18.3 Å². The van der Waals surface area contributed by atoms with Gasteiger partial charge >= 0.3 is 5.97 Å². The van der Waals surface area contributed by atoms with E-state index in [0.717, 1.165) is 24.1 Å². The van der Waals surface area contributed by atoms with Crippen LogP contribution in [0, 0.1) is 17.8 Å². The van der Waals surface area contributed by atoms with E-state index in [1.807, 2.05) is 0 Å². The lowest BCUT2D eigenvalue weighted by Crippen LogP contribution is -2.17. The Bertz CT molecular complexity index is 192. The van der Waals surface area contributed by atoms with E-state index < -0.39 is 5.97 Å². The normalized spacial score (nSPS) is 15.1. The van der Waals surface area contributed by atoms with Gasteiger partial charge in [0.1, 0.15) is 0 Å². The molecular weight excluding hydrogens is 268 g/mol. The fraction of sp³-hybridized carbons (Fsp3) is 0.923. The predicted octanol–water partition coefficient (Wildman–Crippen LogP) is 4.32. The highest BCUT2D eigenvalue weighted by atomic mass is 79.9. The maximum Gasteiger partial charge on any atom is 0.303 e. The number of carboxylic acids is 1. The lowest BCUT2D eigenvalue weighted by Gasteiger charge is -2.22. The summed E-state index contributed by atoms with van der Waals surface area (Å²) in [5.41, 5.74) is 0. The lowest BCUT2D eigenvalue weighted by atomic mass is 9.84. The van der Waals surface area contributed by atoms with Gasteiger partial charge in [0, 0.05) is 11.8 Å². The molecule has 0 bridgehead atoms. The number of halogens is 1. The van der Waals surface area contributed by atoms with Crippen molar-refractivity contribution >= 4 is 21.9 Å². The van der Waals surface area contributed by atoms with Crippen LogP contribution in [-0.2, 0) is 4.79 Å². The second-order valence-electron chi connectivity index (χ2n) is 5.14. The molecule has 0 aliphatic heterocycles. The molecule has 2 nitrogen and oxygen atoms in total. The van der Waals surface area contributed by atoms with Gasteiger partial charge in [0.15, 0.2) is 0 Å². The SMILES string of the molecule is CC(C)CCCC(C)C(CCBr)CC(=O)O. The van der Waals surface area contributed by atoms with Crippen LogP contribution in [0.25, 0.3) is 0 Å². The molecule has 0 aliphatic carbocycles. The summed E-state index contributed by atoms with van der Waals surface area (Å²) in [5.74, 6) is 0.930. The molecular formula is C13H25BrO2. The molecule has 3 heteroatoms. The maximum atomic E-state index is 10.8. The molecule has 2 unspecified atom stereocenters. The van der Waals surface area contributed by atoms with Gasteiger partial charge in [-0.2, -0.15) is 0 Å². The number of carboxylic acid groups (broad SMARTS) is 1. The van der Waals surface area contributed by atoms with Crippen LogP contribution in [0.1, 0.15) is 52.9 Å². The third kappa shape index (κ3) is 8.14. The first kappa shape index (κ1) is 16.0. The Morgan fingerprint density at radius 3 is 2.25 bits per heavy atom. The molecule has 0 heterocycles. The van der Waals surface area contributed by atoms with Crippen molar-refractivity contribution in [3.63, 3.8) is 0 Å². The van der Waals surface area contributed by atoms with Gasteiger partial charge in [-0.05, 0) is 24.2 Å². The molecule has 0 amide bonds. The summed E-state index contributed by atoms with van der Waals surface area (Å²) in [6.07, 6.45) is 4.91. The van der Waals surface area contributed by atoms with Gasteiger partial charge in [0.05, 0.1) is 0 Å². The first-order valence-electron chi connectivity index (χ1n) is 6.25. The molecule has 2 atom stereocenters. The zero-order valence-electron chi connectivity index (χ0n) is 10.7. The number of rotatable bonds is 9. The quantitative estimate of drug-likeness (QED) is 0.643. The molecule has 0 aromatic heterocycles. The highest BCUT2D eigenvalue weighted by molar-refractivity contribution is 9.09. The minimum Gasteiger partial charge on any atom is -0.481 e. The van der Waals surface area contributed by atoms with Gasteiger partial charge < -0.3 is 5.11 Å². The Morgan fingerprint density at radius 1 is 1.19 bits per heavy atom. The monoisotopic (exact) mass is 292 g/mol. The zero-order valence-corrected chi connectivity index (χ0v) is 12.3. The lowest BCUT2D eigenvalue weighted by molar-refractivity contribution is -0.138. The van der Waals surface area contributed by atoms with Crippen molar-refractivity contribution in [1.82, 2.24) is 0 Å². The fourth-order valence-electron chi connectivity index (χ4n) is 2.04. The van der Waals surface area contributed by atoms with Crippen molar-refractivity contribution in [1.29, 1.82) is 0 Å². The largest absolute Gasteiger partial charge is 0.481 e. The van der Waals surface area contributed by atoms with E-state index in [1.54, 1.807) is 0 Å². The van der Waals surface area contributed by atoms with Crippen LogP contribution in [0.15, 0.2) is 0 Å². The van der Waals surface area contributed by atoms with Crippen molar-refractivity contribution in [3.05, 3.63) is 0 Å². The van der Waals surface area contributed by atoms with E-state index in [9.17, 15) is 4.79 Å². The number of hydrogen-bond donors (Lipinski definition) is 1. The molecule has 16 heavy (non-hydrogen) atoms. The van der Waals surface area contributed by atoms with Crippen LogP contribution in [0.5, 0.6) is 0 Å². The van der Waals surface area contributed by atoms with Gasteiger partial charge in [0.2, 0.25) is 0 Å². The molecule has 0 rings (SSSR count). The van der Waals surface area contributed by atoms with Crippen LogP contribution in [0.4, 0.5) is 0 Å². The van der Waals surface area contributed by atoms with Crippen molar-refractivity contribution in [2.45, 2.75) is 52.9 Å². The van der Waals surface area contributed by atoms with Gasteiger partial charge in [-0.15, -0.1) is 0 Å². The Labute approximate surface area is 108 Å². The Morgan fingerprint density at radius 2 is 1.81 bits per heavy atom. The van der Waals surface area contributed by atoms with E-state index in [4.69, 9.17) is 5.11 Å². The highest BCUT2D eigenvalue weighted by Crippen LogP contribution is 2.26. The van der Waals surface area contributed by atoms with Crippen LogP contribution in [0.3, 0.4) is 0 Å². The Kier molecular flexibility index (Phi) is 9.00. The second kappa shape index (κ2) is 9.03. The summed E-state index contributed by atoms with van der Waals surface area (Å²) in [5, 5.41) is 9.76. The van der Waals surface area contributed by atoms with Crippen LogP contribution in [0.2, 0.25) is 0 Å². The first-order chi connectivity index (χ1) is 7.47. The fourth-order valence-corrected chi connectivity index (χ4v) is 2.62. The van der Waals surface area contributed by atoms with E-state index in [2.05, 4.69) is 36.7 Å². The average Bonchev–Trinajstić information content (AvgIpc) is 2.15. The number of aliphatic carboxylic acids is 1. The molecule has 0 spiro atoms. The van der Waals surface area contributed by atoms with Gasteiger partial charge in [-0.3, -0.25) is 4.79 Å². The van der Waals surface area contributed by atoms with Gasteiger partial charge in [-0.25, -0.2) is 0 Å². The summed E-state index contributed by atoms with van der Waals surface area (Å²) in [6.45, 7) is 6.66. The topological polar surface area (TPSA) is 37.3 Å². The summed E-state index contributed by atoms with van der Waals surface area (Å²) in [7, 11) is 0. The molecule has 96 valence electrons. The number of carbonyl (C=O) groups is 1. The zero-order chi connectivity index (χ0) is 12.6. The predicted molar refractivity (Wildman–Crippen MR) is 72.0 cm³/mol. The van der Waals surface area contributed by atoms with E-state index in [-0.39, 0.29) is 0 Å². The van der Waals surface area contributed by atoms with Crippen molar-refractivity contribution < 1.29 is 9.90 Å². The summed E-state index contributed by atoms with van der Waals surface area (Å²) in [4.78, 5) is 10.8. The van der Waals surface area contributed by atoms with Crippen LogP contribution >= 0.6 is 15.9 Å².